The predicted molar refractivity (Wildman–Crippen MR) is 175 cm³/mol. The summed E-state index contributed by atoms with van der Waals surface area (Å²) in [6, 6.07) is 14.5. The summed E-state index contributed by atoms with van der Waals surface area (Å²) in [5, 5.41) is 12.8. The molecule has 0 saturated carbocycles. The number of rotatable bonds is 7. The molecule has 4 aliphatic heterocycles. The molecule has 0 aromatic heterocycles. The first kappa shape index (κ1) is 32.9. The van der Waals surface area contributed by atoms with Crippen LogP contribution < -0.4 is 10.2 Å². The summed E-state index contributed by atoms with van der Waals surface area (Å²) in [6.45, 7) is 2.31. The summed E-state index contributed by atoms with van der Waals surface area (Å²) in [7, 11) is 0. The molecule has 2 saturated heterocycles. The first-order chi connectivity index (χ1) is 22.7. The number of allylic oxidation sites excluding steroid dienone is 1. The minimum atomic E-state index is -1.44. The number of benzene rings is 2. The fourth-order valence-corrected chi connectivity index (χ4v) is 7.49. The molecular weight excluding hydrogens is 622 g/mol. The number of likely N-dealkylation sites (tertiary alicyclic amines) is 1. The highest BCUT2D eigenvalue weighted by atomic mass is 35.5. The zero-order chi connectivity index (χ0) is 33.1. The van der Waals surface area contributed by atoms with Gasteiger partial charge in [0.25, 0.3) is 5.91 Å². The Labute approximate surface area is 279 Å². The zero-order valence-corrected chi connectivity index (χ0v) is 27.1. The van der Waals surface area contributed by atoms with Crippen molar-refractivity contribution in [3.8, 4) is 0 Å². The van der Waals surface area contributed by atoms with Crippen LogP contribution in [-0.2, 0) is 28.7 Å². The Morgan fingerprint density at radius 3 is 2.49 bits per heavy atom. The summed E-state index contributed by atoms with van der Waals surface area (Å²) >= 11 is 6.14. The van der Waals surface area contributed by atoms with Gasteiger partial charge in [-0.3, -0.25) is 19.2 Å². The maximum atomic E-state index is 14.6. The molecule has 248 valence electrons. The van der Waals surface area contributed by atoms with Crippen LogP contribution in [0.25, 0.3) is 0 Å². The van der Waals surface area contributed by atoms with Crippen LogP contribution in [0.2, 0.25) is 5.02 Å². The van der Waals surface area contributed by atoms with Crippen molar-refractivity contribution >= 4 is 41.0 Å². The predicted octanol–water partition coefficient (Wildman–Crippen LogP) is 4.13. The summed E-state index contributed by atoms with van der Waals surface area (Å²) in [6.07, 6.45) is 7.86. The van der Waals surface area contributed by atoms with Gasteiger partial charge in [-0.2, -0.15) is 0 Å². The topological polar surface area (TPSA) is 125 Å². The van der Waals surface area contributed by atoms with Gasteiger partial charge >= 0.3 is 5.97 Å². The monoisotopic (exact) mass is 661 g/mol. The number of anilines is 1. The molecule has 47 heavy (non-hydrogen) atoms. The molecule has 0 radical (unpaired) electrons. The molecule has 2 aromatic carbocycles. The molecule has 2 aromatic rings. The van der Waals surface area contributed by atoms with E-state index in [0.29, 0.717) is 42.0 Å². The number of nitrogens with one attached hydrogen (secondary N) is 1. The van der Waals surface area contributed by atoms with Gasteiger partial charge in [-0.25, -0.2) is 0 Å². The molecular formula is C36H40ClN3O7. The van der Waals surface area contributed by atoms with Gasteiger partial charge in [0.1, 0.15) is 23.7 Å². The van der Waals surface area contributed by atoms with Gasteiger partial charge in [0, 0.05) is 36.8 Å². The lowest BCUT2D eigenvalue weighted by Gasteiger charge is -2.35. The van der Waals surface area contributed by atoms with E-state index < -0.39 is 47.7 Å². The third kappa shape index (κ3) is 6.34. The van der Waals surface area contributed by atoms with Gasteiger partial charge in [0.2, 0.25) is 11.8 Å². The molecule has 0 unspecified atom stereocenters. The minimum absolute atomic E-state index is 0.0302. The maximum Gasteiger partial charge on any atom is 0.313 e. The summed E-state index contributed by atoms with van der Waals surface area (Å²) < 4.78 is 13.0. The van der Waals surface area contributed by atoms with E-state index in [-0.39, 0.29) is 43.8 Å². The Kier molecular flexibility index (Phi) is 9.82. The SMILES string of the molecule is C[C@H]1NC(=O)CC/C=C\[C@H]2O[C@]34C=CCN(c5ccc(Cl)cc5)C(=O)[C@H]3N(CCCCCO)C(=O)[C@@H]4[C@H]2C(=O)O[C@@H]1c1ccccc1. The Balaban J connectivity index is 1.42. The van der Waals surface area contributed by atoms with E-state index in [1.54, 1.807) is 59.2 Å². The Morgan fingerprint density at radius 2 is 1.74 bits per heavy atom. The van der Waals surface area contributed by atoms with E-state index in [4.69, 9.17) is 21.1 Å². The summed E-state index contributed by atoms with van der Waals surface area (Å²) in [5.41, 5.74) is -0.110. The van der Waals surface area contributed by atoms with Crippen molar-refractivity contribution in [1.29, 1.82) is 0 Å². The quantitative estimate of drug-likeness (QED) is 0.260. The fraction of sp³-hybridized carbons (Fsp3) is 0.444. The zero-order valence-electron chi connectivity index (χ0n) is 26.3. The van der Waals surface area contributed by atoms with Gasteiger partial charge in [0.05, 0.1) is 18.1 Å². The van der Waals surface area contributed by atoms with E-state index >= 15 is 0 Å². The highest BCUT2D eigenvalue weighted by Crippen LogP contribution is 2.53. The van der Waals surface area contributed by atoms with Crippen LogP contribution in [0.5, 0.6) is 0 Å². The second kappa shape index (κ2) is 14.0. The molecule has 4 heterocycles. The van der Waals surface area contributed by atoms with E-state index in [0.717, 1.165) is 0 Å². The summed E-state index contributed by atoms with van der Waals surface area (Å²) in [4.78, 5) is 59.5. The number of nitrogens with zero attached hydrogens (tertiary/aromatic N) is 2. The second-order valence-electron chi connectivity index (χ2n) is 12.6. The average Bonchev–Trinajstić information content (AvgIpc) is 3.44. The van der Waals surface area contributed by atoms with Crippen molar-refractivity contribution in [1.82, 2.24) is 10.2 Å². The molecule has 1 spiro atoms. The van der Waals surface area contributed by atoms with Crippen molar-refractivity contribution < 1.29 is 33.8 Å². The number of fused-ring (bicyclic) bond motifs is 2. The van der Waals surface area contributed by atoms with Crippen molar-refractivity contribution in [2.24, 2.45) is 11.8 Å². The van der Waals surface area contributed by atoms with E-state index in [2.05, 4.69) is 5.32 Å². The first-order valence-corrected chi connectivity index (χ1v) is 16.7. The number of halogens is 1. The van der Waals surface area contributed by atoms with Crippen molar-refractivity contribution in [2.75, 3.05) is 24.6 Å². The van der Waals surface area contributed by atoms with Crippen molar-refractivity contribution in [2.45, 2.75) is 68.9 Å². The first-order valence-electron chi connectivity index (χ1n) is 16.3. The van der Waals surface area contributed by atoms with Crippen LogP contribution in [0.3, 0.4) is 0 Å². The number of carbonyl (C=O) groups is 4. The lowest BCUT2D eigenvalue weighted by Crippen LogP contribution is -2.55. The van der Waals surface area contributed by atoms with Gasteiger partial charge in [-0.1, -0.05) is 66.2 Å². The van der Waals surface area contributed by atoms with Gasteiger partial charge in [0.15, 0.2) is 0 Å². The third-order valence-electron chi connectivity index (χ3n) is 9.54. The van der Waals surface area contributed by atoms with Crippen LogP contribution in [0.4, 0.5) is 5.69 Å². The molecule has 11 heteroatoms. The number of ether oxygens (including phenoxy) is 2. The van der Waals surface area contributed by atoms with Gasteiger partial charge < -0.3 is 29.7 Å². The van der Waals surface area contributed by atoms with E-state index in [1.807, 2.05) is 36.4 Å². The van der Waals surface area contributed by atoms with Crippen LogP contribution in [0.1, 0.15) is 50.7 Å². The van der Waals surface area contributed by atoms with Crippen LogP contribution >= 0.6 is 11.6 Å². The smallest absolute Gasteiger partial charge is 0.313 e. The number of hydrogen-bond acceptors (Lipinski definition) is 7. The molecule has 6 rings (SSSR count). The minimum Gasteiger partial charge on any atom is -0.455 e. The Morgan fingerprint density at radius 1 is 0.979 bits per heavy atom. The number of aliphatic hydroxyl groups excluding tert-OH is 1. The molecule has 0 aliphatic carbocycles. The molecule has 10 nitrogen and oxygen atoms in total. The number of hydrogen-bond donors (Lipinski definition) is 2. The van der Waals surface area contributed by atoms with Gasteiger partial charge in [-0.05, 0) is 62.4 Å². The average molecular weight is 662 g/mol. The number of esters is 1. The lowest BCUT2D eigenvalue weighted by atomic mass is 9.77. The maximum absolute atomic E-state index is 14.6. The summed E-state index contributed by atoms with van der Waals surface area (Å²) in [5.74, 6) is -3.55. The number of unbranched alkanes of at least 4 members (excludes halogenated alkanes) is 2. The number of amides is 3. The molecule has 2 N–H and O–H groups in total. The van der Waals surface area contributed by atoms with Crippen molar-refractivity contribution in [3.63, 3.8) is 0 Å². The molecule has 3 amide bonds. The largest absolute Gasteiger partial charge is 0.455 e. The highest BCUT2D eigenvalue weighted by molar-refractivity contribution is 6.30. The Bertz CT molecular complexity index is 1550. The second-order valence-corrected chi connectivity index (χ2v) is 13.0. The number of carbonyl (C=O) groups excluding carboxylic acids is 4. The number of cyclic esters (lactones) is 1. The fourth-order valence-electron chi connectivity index (χ4n) is 7.37. The lowest BCUT2D eigenvalue weighted by molar-refractivity contribution is -0.161. The molecule has 7 atom stereocenters. The Hall–Kier alpha value is -3.99. The van der Waals surface area contributed by atoms with Crippen molar-refractivity contribution in [3.05, 3.63) is 89.5 Å². The molecule has 0 bridgehead atoms. The number of aliphatic hydroxyl groups is 1. The molecule has 2 fully saturated rings. The molecule has 4 aliphatic rings. The van der Waals surface area contributed by atoms with Crippen LogP contribution in [0, 0.1) is 11.8 Å². The highest BCUT2D eigenvalue weighted by Gasteiger charge is 2.71. The normalized spacial score (nSPS) is 31.6. The van der Waals surface area contributed by atoms with Crippen LogP contribution in [-0.4, -0.2) is 77.2 Å². The van der Waals surface area contributed by atoms with E-state index in [1.165, 1.54) is 0 Å². The van der Waals surface area contributed by atoms with Gasteiger partial charge in [-0.15, -0.1) is 0 Å². The third-order valence-corrected chi connectivity index (χ3v) is 9.79. The standard InChI is InChI=1S/C36H40ClN3O7/c1-23-31(24-11-4-2-5-12-24)46-35(45)29-27(13-6-7-14-28(42)38-23)47-36-19-10-21-39(26-17-15-25(37)16-18-26)34(44)32(36)40(33(43)30(29)36)20-8-3-9-22-41/h2,4-6,10-13,15-19,23,27,29-32,41H,3,7-9,14,20-22H2,1H3,(H,38,42)/b13-6-/t23-,27-,29+,30+,31+,32-,36+/m1/s1. The van der Waals surface area contributed by atoms with E-state index in [9.17, 15) is 24.3 Å². The van der Waals surface area contributed by atoms with Crippen LogP contribution in [0.15, 0.2) is 78.9 Å².